The number of benzene rings is 1. The third-order valence-corrected chi connectivity index (χ3v) is 5.20. The van der Waals surface area contributed by atoms with Crippen molar-refractivity contribution in [1.82, 2.24) is 0 Å². The predicted molar refractivity (Wildman–Crippen MR) is 98.1 cm³/mol. The second-order valence-corrected chi connectivity index (χ2v) is 8.73. The highest BCUT2D eigenvalue weighted by atomic mass is 32.2. The average Bonchev–Trinajstić information content (AvgIpc) is 2.81. The van der Waals surface area contributed by atoms with E-state index in [4.69, 9.17) is 5.73 Å². The Bertz CT molecular complexity index is 653. The molecule has 0 aromatic heterocycles. The van der Waals surface area contributed by atoms with E-state index in [0.717, 1.165) is 25.0 Å². The van der Waals surface area contributed by atoms with Gasteiger partial charge in [0.2, 0.25) is 5.91 Å². The van der Waals surface area contributed by atoms with E-state index in [9.17, 15) is 13.2 Å². The lowest BCUT2D eigenvalue weighted by atomic mass is 10.2. The molecule has 1 aliphatic heterocycles. The molecule has 24 heavy (non-hydrogen) atoms. The van der Waals surface area contributed by atoms with Crippen molar-refractivity contribution < 1.29 is 13.2 Å². The van der Waals surface area contributed by atoms with Gasteiger partial charge < -0.3 is 16.0 Å². The molecule has 1 amide bonds. The van der Waals surface area contributed by atoms with Crippen molar-refractivity contribution in [3.63, 3.8) is 0 Å². The Hall–Kier alpha value is -1.60. The van der Waals surface area contributed by atoms with E-state index in [1.165, 1.54) is 25.7 Å². The van der Waals surface area contributed by atoms with E-state index in [2.05, 4.69) is 10.2 Å². The largest absolute Gasteiger partial charge is 0.371 e. The van der Waals surface area contributed by atoms with Crippen LogP contribution in [0.5, 0.6) is 0 Å². The van der Waals surface area contributed by atoms with Gasteiger partial charge in [0.05, 0.1) is 11.8 Å². The monoisotopic (exact) mass is 353 g/mol. The van der Waals surface area contributed by atoms with Crippen molar-refractivity contribution in [3.05, 3.63) is 24.3 Å². The fourth-order valence-electron chi connectivity index (χ4n) is 2.82. The molecule has 3 N–H and O–H groups in total. The molecule has 0 radical (unpaired) electrons. The zero-order valence-corrected chi connectivity index (χ0v) is 15.0. The van der Waals surface area contributed by atoms with Gasteiger partial charge in [-0.3, -0.25) is 4.79 Å². The van der Waals surface area contributed by atoms with Crippen molar-refractivity contribution in [2.24, 2.45) is 5.73 Å². The summed E-state index contributed by atoms with van der Waals surface area (Å²) in [4.78, 5) is 14.5. The fourth-order valence-corrected chi connectivity index (χ4v) is 3.50. The Morgan fingerprint density at radius 1 is 1.25 bits per heavy atom. The topological polar surface area (TPSA) is 92.5 Å². The van der Waals surface area contributed by atoms with Gasteiger partial charge in [-0.1, -0.05) is 18.9 Å². The SMILES string of the molecule is CS(=O)(=O)CCC(N)C(=O)Nc1cccc(N2CCCCCC2)c1. The number of nitrogens with zero attached hydrogens (tertiary/aromatic N) is 1. The van der Waals surface area contributed by atoms with Gasteiger partial charge in [-0.25, -0.2) is 8.42 Å². The molecule has 0 saturated carbocycles. The summed E-state index contributed by atoms with van der Waals surface area (Å²) in [7, 11) is -3.12. The molecule has 0 spiro atoms. The maximum absolute atomic E-state index is 12.1. The number of anilines is 2. The number of nitrogens with two attached hydrogens (primary N) is 1. The van der Waals surface area contributed by atoms with Crippen molar-refractivity contribution >= 4 is 27.1 Å². The van der Waals surface area contributed by atoms with Crippen LogP contribution < -0.4 is 16.0 Å². The minimum Gasteiger partial charge on any atom is -0.371 e. The molecule has 1 aliphatic rings. The molecule has 1 heterocycles. The van der Waals surface area contributed by atoms with Gasteiger partial charge >= 0.3 is 0 Å². The predicted octanol–water partition coefficient (Wildman–Crippen LogP) is 1.77. The van der Waals surface area contributed by atoms with Crippen LogP contribution in [0.4, 0.5) is 11.4 Å². The third kappa shape index (κ3) is 6.13. The maximum atomic E-state index is 12.1. The molecule has 1 aromatic rings. The second kappa shape index (κ2) is 8.48. The van der Waals surface area contributed by atoms with Gasteiger partial charge in [0, 0.05) is 30.7 Å². The highest BCUT2D eigenvalue weighted by Gasteiger charge is 2.17. The molecule has 6 nitrogen and oxygen atoms in total. The number of nitrogens with one attached hydrogen (secondary N) is 1. The molecular formula is C17H27N3O3S. The molecule has 1 aromatic carbocycles. The van der Waals surface area contributed by atoms with E-state index < -0.39 is 15.9 Å². The van der Waals surface area contributed by atoms with Crippen molar-refractivity contribution in [2.45, 2.75) is 38.1 Å². The number of carbonyl (C=O) groups is 1. The summed E-state index contributed by atoms with van der Waals surface area (Å²) >= 11 is 0. The van der Waals surface area contributed by atoms with Crippen LogP contribution >= 0.6 is 0 Å². The summed E-state index contributed by atoms with van der Waals surface area (Å²) in [6.07, 6.45) is 6.17. The first kappa shape index (κ1) is 18.7. The Labute approximate surface area is 144 Å². The first-order valence-electron chi connectivity index (χ1n) is 8.44. The summed E-state index contributed by atoms with van der Waals surface area (Å²) in [6.45, 7) is 2.07. The summed E-state index contributed by atoms with van der Waals surface area (Å²) in [6, 6.07) is 6.90. The second-order valence-electron chi connectivity index (χ2n) is 6.47. The molecule has 0 aliphatic carbocycles. The van der Waals surface area contributed by atoms with Gasteiger partial charge in [0.15, 0.2) is 0 Å². The van der Waals surface area contributed by atoms with E-state index in [1.54, 1.807) is 0 Å². The lowest BCUT2D eigenvalue weighted by molar-refractivity contribution is -0.117. The lowest BCUT2D eigenvalue weighted by Gasteiger charge is -2.23. The molecule has 134 valence electrons. The molecule has 2 rings (SSSR count). The van der Waals surface area contributed by atoms with Crippen molar-refractivity contribution in [2.75, 3.05) is 35.3 Å². The fraction of sp³-hybridized carbons (Fsp3) is 0.588. The lowest BCUT2D eigenvalue weighted by Crippen LogP contribution is -2.37. The van der Waals surface area contributed by atoms with Crippen LogP contribution in [0, 0.1) is 0 Å². The van der Waals surface area contributed by atoms with Crippen LogP contribution in [0.25, 0.3) is 0 Å². The Morgan fingerprint density at radius 3 is 2.54 bits per heavy atom. The Kier molecular flexibility index (Phi) is 6.62. The Morgan fingerprint density at radius 2 is 1.92 bits per heavy atom. The number of hydrogen-bond donors (Lipinski definition) is 2. The molecule has 1 saturated heterocycles. The average molecular weight is 353 g/mol. The van der Waals surface area contributed by atoms with Gasteiger partial charge in [0.25, 0.3) is 0 Å². The van der Waals surface area contributed by atoms with Crippen LogP contribution in [0.15, 0.2) is 24.3 Å². The Balaban J connectivity index is 1.96. The van der Waals surface area contributed by atoms with Gasteiger partial charge in [-0.2, -0.15) is 0 Å². The smallest absolute Gasteiger partial charge is 0.241 e. The highest BCUT2D eigenvalue weighted by molar-refractivity contribution is 7.90. The summed E-state index contributed by atoms with van der Waals surface area (Å²) in [5, 5.41) is 2.79. The molecule has 1 atom stereocenters. The summed E-state index contributed by atoms with van der Waals surface area (Å²) in [5.74, 6) is -0.443. The van der Waals surface area contributed by atoms with Crippen LogP contribution in [0.3, 0.4) is 0 Å². The minimum atomic E-state index is -3.12. The number of sulfone groups is 1. The van der Waals surface area contributed by atoms with Gasteiger partial charge in [-0.05, 0) is 37.5 Å². The molecule has 1 fully saturated rings. The quantitative estimate of drug-likeness (QED) is 0.813. The van der Waals surface area contributed by atoms with Crippen LogP contribution in [-0.2, 0) is 14.6 Å². The van der Waals surface area contributed by atoms with Crippen molar-refractivity contribution in [3.8, 4) is 0 Å². The number of amides is 1. The highest BCUT2D eigenvalue weighted by Crippen LogP contribution is 2.22. The normalized spacial score (nSPS) is 17.2. The van der Waals surface area contributed by atoms with E-state index in [1.807, 2.05) is 24.3 Å². The molecular weight excluding hydrogens is 326 g/mol. The first-order valence-corrected chi connectivity index (χ1v) is 10.5. The van der Waals surface area contributed by atoms with Crippen LogP contribution in [-0.4, -0.2) is 45.5 Å². The van der Waals surface area contributed by atoms with E-state index in [-0.39, 0.29) is 18.1 Å². The summed E-state index contributed by atoms with van der Waals surface area (Å²) < 4.78 is 22.3. The molecule has 7 heteroatoms. The van der Waals surface area contributed by atoms with E-state index in [0.29, 0.717) is 5.69 Å². The van der Waals surface area contributed by atoms with E-state index >= 15 is 0 Å². The number of rotatable bonds is 6. The zero-order chi connectivity index (χ0) is 17.6. The van der Waals surface area contributed by atoms with Crippen LogP contribution in [0.1, 0.15) is 32.1 Å². The molecule has 0 bridgehead atoms. The van der Waals surface area contributed by atoms with Gasteiger partial charge in [-0.15, -0.1) is 0 Å². The summed E-state index contributed by atoms with van der Waals surface area (Å²) in [5.41, 5.74) is 7.57. The standard InChI is InChI=1S/C17H27N3O3S/c1-24(22,23)12-9-16(18)17(21)19-14-7-6-8-15(13-14)20-10-4-2-3-5-11-20/h6-8,13,16H,2-5,9-12,18H2,1H3,(H,19,21). The first-order chi connectivity index (χ1) is 11.3. The maximum Gasteiger partial charge on any atom is 0.241 e. The minimum absolute atomic E-state index is 0.0879. The number of carbonyl (C=O) groups excluding carboxylic acids is 1. The van der Waals surface area contributed by atoms with Gasteiger partial charge in [0.1, 0.15) is 9.84 Å². The van der Waals surface area contributed by atoms with Crippen molar-refractivity contribution in [1.29, 1.82) is 0 Å². The molecule has 1 unspecified atom stereocenters. The van der Waals surface area contributed by atoms with Crippen LogP contribution in [0.2, 0.25) is 0 Å². The zero-order valence-electron chi connectivity index (χ0n) is 14.2. The third-order valence-electron chi connectivity index (χ3n) is 4.22. The number of hydrogen-bond acceptors (Lipinski definition) is 5.